The predicted molar refractivity (Wildman–Crippen MR) is 99.2 cm³/mol. The van der Waals surface area contributed by atoms with Crippen molar-refractivity contribution in [1.82, 2.24) is 4.31 Å². The van der Waals surface area contributed by atoms with Gasteiger partial charge >= 0.3 is 0 Å². The molecule has 7 heteroatoms. The average Bonchev–Trinajstić information content (AvgIpc) is 2.47. The van der Waals surface area contributed by atoms with Gasteiger partial charge in [-0.05, 0) is 46.1 Å². The van der Waals surface area contributed by atoms with Gasteiger partial charge in [-0.15, -0.1) is 12.4 Å². The van der Waals surface area contributed by atoms with Crippen LogP contribution in [0.25, 0.3) is 0 Å². The third kappa shape index (κ3) is 5.02. The Balaban J connectivity index is 0.00000264. The highest BCUT2D eigenvalue weighted by molar-refractivity contribution is 9.10. The fourth-order valence-corrected chi connectivity index (χ4v) is 4.76. The van der Waals surface area contributed by atoms with E-state index in [4.69, 9.17) is 5.73 Å². The Labute approximate surface area is 152 Å². The number of nitrogens with zero attached hydrogens (tertiary/aromatic N) is 1. The Bertz CT molecular complexity index is 739. The number of nitrogens with two attached hydrogens (primary N) is 1. The molecule has 2 aromatic rings. The van der Waals surface area contributed by atoms with Gasteiger partial charge in [-0.1, -0.05) is 36.4 Å². The lowest BCUT2D eigenvalue weighted by Gasteiger charge is -2.22. The van der Waals surface area contributed by atoms with Crippen molar-refractivity contribution in [3.8, 4) is 0 Å². The molecule has 0 saturated carbocycles. The minimum atomic E-state index is -3.60. The summed E-state index contributed by atoms with van der Waals surface area (Å²) in [4.78, 5) is 0.266. The summed E-state index contributed by atoms with van der Waals surface area (Å²) in [5.74, 6) is 0. The molecule has 0 aromatic heterocycles. The third-order valence-corrected chi connectivity index (χ3v) is 6.11. The van der Waals surface area contributed by atoms with Crippen LogP contribution in [0.3, 0.4) is 0 Å². The van der Waals surface area contributed by atoms with Crippen molar-refractivity contribution in [3.63, 3.8) is 0 Å². The second-order valence-electron chi connectivity index (χ2n) is 5.05. The molecule has 0 radical (unpaired) electrons. The molecule has 23 heavy (non-hydrogen) atoms. The number of hydrogen-bond donors (Lipinski definition) is 1. The Morgan fingerprint density at radius 2 is 1.78 bits per heavy atom. The van der Waals surface area contributed by atoms with Crippen molar-refractivity contribution in [2.45, 2.75) is 18.4 Å². The first-order chi connectivity index (χ1) is 10.4. The van der Waals surface area contributed by atoms with E-state index in [0.29, 0.717) is 11.0 Å². The van der Waals surface area contributed by atoms with E-state index in [0.717, 1.165) is 11.1 Å². The van der Waals surface area contributed by atoms with Gasteiger partial charge in [0.2, 0.25) is 10.0 Å². The van der Waals surface area contributed by atoms with Crippen molar-refractivity contribution in [2.24, 2.45) is 5.73 Å². The summed E-state index contributed by atoms with van der Waals surface area (Å²) in [6.07, 6.45) is 0. The standard InChI is InChI=1S/C16H19BrN2O2S.ClH/c1-13-7-8-16(15(17)11-13)22(20,21)19(10-9-18)12-14-5-3-2-4-6-14;/h2-8,11H,9-10,12,18H2,1H3;1H. The van der Waals surface area contributed by atoms with Crippen LogP contribution in [0.1, 0.15) is 11.1 Å². The zero-order valence-electron chi connectivity index (χ0n) is 12.8. The first kappa shape index (κ1) is 20.1. The van der Waals surface area contributed by atoms with Crippen LogP contribution in [0.4, 0.5) is 0 Å². The van der Waals surface area contributed by atoms with Crippen LogP contribution in [-0.4, -0.2) is 25.8 Å². The van der Waals surface area contributed by atoms with E-state index >= 15 is 0 Å². The molecule has 0 fully saturated rings. The van der Waals surface area contributed by atoms with E-state index in [1.807, 2.05) is 37.3 Å². The zero-order chi connectivity index (χ0) is 16.2. The zero-order valence-corrected chi connectivity index (χ0v) is 16.0. The summed E-state index contributed by atoms with van der Waals surface area (Å²) in [5, 5.41) is 0. The monoisotopic (exact) mass is 418 g/mol. The summed E-state index contributed by atoms with van der Waals surface area (Å²) in [6, 6.07) is 14.7. The Morgan fingerprint density at radius 3 is 2.35 bits per heavy atom. The van der Waals surface area contributed by atoms with E-state index in [-0.39, 0.29) is 30.4 Å². The van der Waals surface area contributed by atoms with Crippen LogP contribution >= 0.6 is 28.3 Å². The minimum absolute atomic E-state index is 0. The summed E-state index contributed by atoms with van der Waals surface area (Å²) in [5.41, 5.74) is 7.53. The van der Waals surface area contributed by atoms with Gasteiger partial charge in [0.25, 0.3) is 0 Å². The topological polar surface area (TPSA) is 63.4 Å². The van der Waals surface area contributed by atoms with Gasteiger partial charge < -0.3 is 5.73 Å². The van der Waals surface area contributed by atoms with Crippen molar-refractivity contribution in [3.05, 3.63) is 64.1 Å². The van der Waals surface area contributed by atoms with Crippen LogP contribution in [0.15, 0.2) is 57.9 Å². The van der Waals surface area contributed by atoms with Gasteiger partial charge in [-0.25, -0.2) is 8.42 Å². The number of aryl methyl sites for hydroxylation is 1. The summed E-state index contributed by atoms with van der Waals surface area (Å²) >= 11 is 3.35. The minimum Gasteiger partial charge on any atom is -0.329 e. The number of hydrogen-bond acceptors (Lipinski definition) is 3. The SMILES string of the molecule is Cc1ccc(S(=O)(=O)N(CCN)Cc2ccccc2)c(Br)c1.Cl. The van der Waals surface area contributed by atoms with Gasteiger partial charge in [-0.3, -0.25) is 0 Å². The second-order valence-corrected chi connectivity index (χ2v) is 7.81. The molecule has 0 aliphatic heterocycles. The lowest BCUT2D eigenvalue weighted by molar-refractivity contribution is 0.413. The molecule has 0 atom stereocenters. The van der Waals surface area contributed by atoms with Crippen molar-refractivity contribution >= 4 is 38.4 Å². The van der Waals surface area contributed by atoms with Crippen LogP contribution in [0.2, 0.25) is 0 Å². The molecule has 0 aliphatic carbocycles. The highest BCUT2D eigenvalue weighted by Crippen LogP contribution is 2.27. The molecule has 0 aliphatic rings. The van der Waals surface area contributed by atoms with Crippen LogP contribution < -0.4 is 5.73 Å². The maximum absolute atomic E-state index is 12.9. The molecule has 2 N–H and O–H groups in total. The van der Waals surface area contributed by atoms with Gasteiger partial charge in [-0.2, -0.15) is 4.31 Å². The highest BCUT2D eigenvalue weighted by atomic mass is 79.9. The van der Waals surface area contributed by atoms with E-state index in [1.54, 1.807) is 18.2 Å². The Kier molecular flexibility index (Phi) is 7.70. The highest BCUT2D eigenvalue weighted by Gasteiger charge is 2.26. The first-order valence-corrected chi connectivity index (χ1v) is 9.19. The van der Waals surface area contributed by atoms with Gasteiger partial charge in [0.1, 0.15) is 0 Å². The lowest BCUT2D eigenvalue weighted by Crippen LogP contribution is -2.35. The summed E-state index contributed by atoms with van der Waals surface area (Å²) in [7, 11) is -3.60. The van der Waals surface area contributed by atoms with Crippen molar-refractivity contribution in [1.29, 1.82) is 0 Å². The number of halogens is 2. The molecule has 0 amide bonds. The van der Waals surface area contributed by atoms with E-state index in [9.17, 15) is 8.42 Å². The maximum atomic E-state index is 12.9. The van der Waals surface area contributed by atoms with Crippen LogP contribution in [0.5, 0.6) is 0 Å². The van der Waals surface area contributed by atoms with E-state index in [1.165, 1.54) is 4.31 Å². The van der Waals surface area contributed by atoms with E-state index in [2.05, 4.69) is 15.9 Å². The largest absolute Gasteiger partial charge is 0.329 e. The normalized spacial score (nSPS) is 11.3. The molecule has 0 unspecified atom stereocenters. The molecule has 0 heterocycles. The van der Waals surface area contributed by atoms with Crippen LogP contribution in [0, 0.1) is 6.92 Å². The maximum Gasteiger partial charge on any atom is 0.244 e. The number of benzene rings is 2. The molecule has 0 spiro atoms. The number of rotatable bonds is 6. The molecule has 2 aromatic carbocycles. The Hall–Kier alpha value is -0.920. The molecule has 0 saturated heterocycles. The fourth-order valence-electron chi connectivity index (χ4n) is 2.17. The average molecular weight is 420 g/mol. The van der Waals surface area contributed by atoms with Crippen molar-refractivity contribution < 1.29 is 8.42 Å². The molecule has 0 bridgehead atoms. The molecule has 126 valence electrons. The van der Waals surface area contributed by atoms with Gasteiger partial charge in [0.15, 0.2) is 0 Å². The van der Waals surface area contributed by atoms with E-state index < -0.39 is 10.0 Å². The van der Waals surface area contributed by atoms with Crippen LogP contribution in [-0.2, 0) is 16.6 Å². The Morgan fingerprint density at radius 1 is 1.13 bits per heavy atom. The molecule has 2 rings (SSSR count). The molecular weight excluding hydrogens is 400 g/mol. The summed E-state index contributed by atoms with van der Waals surface area (Å²) in [6.45, 7) is 2.77. The summed E-state index contributed by atoms with van der Waals surface area (Å²) < 4.78 is 27.8. The molecule has 4 nitrogen and oxygen atoms in total. The smallest absolute Gasteiger partial charge is 0.244 e. The second kappa shape index (κ2) is 8.80. The fraction of sp³-hybridized carbons (Fsp3) is 0.250. The molecular formula is C16H20BrClN2O2S. The van der Waals surface area contributed by atoms with Crippen molar-refractivity contribution in [2.75, 3.05) is 13.1 Å². The quantitative estimate of drug-likeness (QED) is 0.781. The predicted octanol–water partition coefficient (Wildman–Crippen LogP) is 3.33. The first-order valence-electron chi connectivity index (χ1n) is 6.95. The number of sulfonamides is 1. The van der Waals surface area contributed by atoms with Gasteiger partial charge in [0.05, 0.1) is 4.90 Å². The van der Waals surface area contributed by atoms with Gasteiger partial charge in [0, 0.05) is 24.1 Å². The third-order valence-electron chi connectivity index (χ3n) is 3.29. The lowest BCUT2D eigenvalue weighted by atomic mass is 10.2.